The second-order valence-corrected chi connectivity index (χ2v) is 7.22. The van der Waals surface area contributed by atoms with E-state index in [4.69, 9.17) is 17.0 Å². The average Bonchev–Trinajstić information content (AvgIpc) is 2.71. The van der Waals surface area contributed by atoms with Crippen LogP contribution >= 0.6 is 12.2 Å². The molecule has 0 saturated heterocycles. The molecule has 1 N–H and O–H groups in total. The summed E-state index contributed by atoms with van der Waals surface area (Å²) < 4.78 is 5.24. The van der Waals surface area contributed by atoms with Gasteiger partial charge in [-0.25, -0.2) is 0 Å². The normalized spacial score (nSPS) is 11.6. The average molecular weight is 400 g/mol. The predicted octanol–water partition coefficient (Wildman–Crippen LogP) is 5.19. The van der Waals surface area contributed by atoms with Crippen LogP contribution in [0.15, 0.2) is 48.5 Å². The molecule has 5 heteroatoms. The van der Waals surface area contributed by atoms with Crippen molar-refractivity contribution in [1.29, 1.82) is 0 Å². The molecule has 0 spiro atoms. The topological polar surface area (TPSA) is 27.7 Å². The summed E-state index contributed by atoms with van der Waals surface area (Å²) in [5.74, 6) is 0.883. The number of rotatable bonds is 9. The van der Waals surface area contributed by atoms with E-state index in [1.807, 2.05) is 12.1 Å². The van der Waals surface area contributed by atoms with Gasteiger partial charge in [-0.2, -0.15) is 0 Å². The van der Waals surface area contributed by atoms with Crippen LogP contribution in [0.25, 0.3) is 0 Å². The van der Waals surface area contributed by atoms with Crippen molar-refractivity contribution in [3.63, 3.8) is 0 Å². The van der Waals surface area contributed by atoms with Gasteiger partial charge in [0.25, 0.3) is 0 Å². The molecule has 0 aromatic heterocycles. The first-order valence-corrected chi connectivity index (χ1v) is 10.5. The molecule has 4 nitrogen and oxygen atoms in total. The highest BCUT2D eigenvalue weighted by atomic mass is 32.1. The van der Waals surface area contributed by atoms with Crippen LogP contribution in [0.1, 0.15) is 33.3 Å². The predicted molar refractivity (Wildman–Crippen MR) is 125 cm³/mol. The number of methoxy groups -OCH3 is 1. The van der Waals surface area contributed by atoms with Gasteiger partial charge in [-0.1, -0.05) is 12.1 Å². The number of ether oxygens (including phenoxy) is 1. The maximum absolute atomic E-state index is 5.70. The standard InChI is InChI=1S/C23H33N3OS/c1-6-25(7-2)21-13-11-20(12-14-21)24-23(28)26(8-3)18(4)17-19-9-15-22(27-5)16-10-19/h9-16,18H,6-8,17H2,1-5H3,(H,24,28). The second-order valence-electron chi connectivity index (χ2n) is 6.84. The van der Waals surface area contributed by atoms with E-state index in [0.29, 0.717) is 6.04 Å². The van der Waals surface area contributed by atoms with Crippen LogP contribution in [0.2, 0.25) is 0 Å². The molecule has 0 heterocycles. The Morgan fingerprint density at radius 2 is 1.57 bits per heavy atom. The van der Waals surface area contributed by atoms with Gasteiger partial charge < -0.3 is 19.9 Å². The Kier molecular flexibility index (Phi) is 8.58. The molecule has 1 unspecified atom stereocenters. The summed E-state index contributed by atoms with van der Waals surface area (Å²) in [4.78, 5) is 4.56. The van der Waals surface area contributed by atoms with Crippen molar-refractivity contribution < 1.29 is 4.74 Å². The summed E-state index contributed by atoms with van der Waals surface area (Å²) >= 11 is 5.70. The zero-order valence-electron chi connectivity index (χ0n) is 17.7. The van der Waals surface area contributed by atoms with Crippen LogP contribution in [-0.4, -0.2) is 42.8 Å². The summed E-state index contributed by atoms with van der Waals surface area (Å²) in [5.41, 5.74) is 3.54. The van der Waals surface area contributed by atoms with Gasteiger partial charge in [-0.05, 0) is 88.3 Å². The third-order valence-electron chi connectivity index (χ3n) is 5.07. The van der Waals surface area contributed by atoms with E-state index in [0.717, 1.165) is 42.6 Å². The highest BCUT2D eigenvalue weighted by Crippen LogP contribution is 2.19. The first-order chi connectivity index (χ1) is 13.5. The van der Waals surface area contributed by atoms with Crippen molar-refractivity contribution in [2.45, 2.75) is 40.2 Å². The molecule has 2 aromatic rings. The van der Waals surface area contributed by atoms with Gasteiger partial charge in [0.1, 0.15) is 5.75 Å². The van der Waals surface area contributed by atoms with Crippen LogP contribution < -0.4 is 15.0 Å². The van der Waals surface area contributed by atoms with Crippen LogP contribution in [-0.2, 0) is 6.42 Å². The number of nitrogens with zero attached hydrogens (tertiary/aromatic N) is 2. The molecule has 0 aliphatic heterocycles. The van der Waals surface area contributed by atoms with E-state index in [1.165, 1.54) is 11.3 Å². The number of hydrogen-bond acceptors (Lipinski definition) is 3. The molecular weight excluding hydrogens is 366 g/mol. The van der Waals surface area contributed by atoms with Crippen molar-refractivity contribution in [3.05, 3.63) is 54.1 Å². The number of nitrogens with one attached hydrogen (secondary N) is 1. The van der Waals surface area contributed by atoms with E-state index in [1.54, 1.807) is 7.11 Å². The van der Waals surface area contributed by atoms with Crippen LogP contribution in [0.4, 0.5) is 11.4 Å². The van der Waals surface area contributed by atoms with Gasteiger partial charge in [0.15, 0.2) is 5.11 Å². The molecular formula is C23H33N3OS. The van der Waals surface area contributed by atoms with Gasteiger partial charge >= 0.3 is 0 Å². The molecule has 1 atom stereocenters. The quantitative estimate of drug-likeness (QED) is 0.586. The first-order valence-electron chi connectivity index (χ1n) is 10.1. The minimum absolute atomic E-state index is 0.299. The molecule has 0 amide bonds. The molecule has 0 saturated carbocycles. The van der Waals surface area contributed by atoms with Crippen molar-refractivity contribution in [2.75, 3.05) is 37.0 Å². The SMILES string of the molecule is CCN(CC)c1ccc(NC(=S)N(CC)C(C)Cc2ccc(OC)cc2)cc1. The Hall–Kier alpha value is -2.27. The Balaban J connectivity index is 1.99. The summed E-state index contributed by atoms with van der Waals surface area (Å²) in [7, 11) is 1.69. The summed E-state index contributed by atoms with van der Waals surface area (Å²) in [6.45, 7) is 11.6. The summed E-state index contributed by atoms with van der Waals surface area (Å²) in [5, 5.41) is 4.16. The van der Waals surface area contributed by atoms with Gasteiger partial charge in [-0.15, -0.1) is 0 Å². The van der Waals surface area contributed by atoms with E-state index in [2.05, 4.69) is 79.2 Å². The molecule has 152 valence electrons. The number of likely N-dealkylation sites (N-methyl/N-ethyl adjacent to an activating group) is 1. The lowest BCUT2D eigenvalue weighted by Gasteiger charge is -2.31. The zero-order valence-corrected chi connectivity index (χ0v) is 18.6. The van der Waals surface area contributed by atoms with Gasteiger partial charge in [0.2, 0.25) is 0 Å². The Morgan fingerprint density at radius 3 is 2.07 bits per heavy atom. The fourth-order valence-corrected chi connectivity index (χ4v) is 3.83. The van der Waals surface area contributed by atoms with Gasteiger partial charge in [0.05, 0.1) is 7.11 Å². The van der Waals surface area contributed by atoms with Crippen molar-refractivity contribution in [1.82, 2.24) is 4.90 Å². The summed E-state index contributed by atoms with van der Waals surface area (Å²) in [6.07, 6.45) is 0.931. The second kappa shape index (κ2) is 10.9. The molecule has 0 aliphatic carbocycles. The zero-order chi connectivity index (χ0) is 20.5. The van der Waals surface area contributed by atoms with Crippen LogP contribution in [0.3, 0.4) is 0 Å². The third kappa shape index (κ3) is 5.86. The molecule has 2 rings (SSSR count). The largest absolute Gasteiger partial charge is 0.497 e. The lowest BCUT2D eigenvalue weighted by Crippen LogP contribution is -2.42. The molecule has 28 heavy (non-hydrogen) atoms. The molecule has 2 aromatic carbocycles. The van der Waals surface area contributed by atoms with Crippen molar-refractivity contribution >= 4 is 28.7 Å². The van der Waals surface area contributed by atoms with Crippen molar-refractivity contribution in [2.24, 2.45) is 0 Å². The fourth-order valence-electron chi connectivity index (χ4n) is 3.41. The van der Waals surface area contributed by atoms with E-state index >= 15 is 0 Å². The number of anilines is 2. The maximum Gasteiger partial charge on any atom is 0.173 e. The van der Waals surface area contributed by atoms with E-state index < -0.39 is 0 Å². The Labute approximate surface area is 175 Å². The lowest BCUT2D eigenvalue weighted by atomic mass is 10.1. The Bertz CT molecular complexity index is 727. The molecule has 0 bridgehead atoms. The van der Waals surface area contributed by atoms with Gasteiger partial charge in [-0.3, -0.25) is 0 Å². The Morgan fingerprint density at radius 1 is 0.964 bits per heavy atom. The van der Waals surface area contributed by atoms with E-state index in [9.17, 15) is 0 Å². The minimum atomic E-state index is 0.299. The monoisotopic (exact) mass is 399 g/mol. The van der Waals surface area contributed by atoms with Gasteiger partial charge in [0, 0.05) is 37.1 Å². The highest BCUT2D eigenvalue weighted by Gasteiger charge is 2.16. The van der Waals surface area contributed by atoms with Crippen molar-refractivity contribution in [3.8, 4) is 5.75 Å². The third-order valence-corrected chi connectivity index (χ3v) is 5.41. The number of hydrogen-bond donors (Lipinski definition) is 1. The molecule has 0 radical (unpaired) electrons. The lowest BCUT2D eigenvalue weighted by molar-refractivity contribution is 0.347. The van der Waals surface area contributed by atoms with E-state index in [-0.39, 0.29) is 0 Å². The number of benzene rings is 2. The highest BCUT2D eigenvalue weighted by molar-refractivity contribution is 7.80. The maximum atomic E-state index is 5.70. The smallest absolute Gasteiger partial charge is 0.173 e. The molecule has 0 aliphatic rings. The molecule has 0 fully saturated rings. The first kappa shape index (κ1) is 22.0. The minimum Gasteiger partial charge on any atom is -0.497 e. The van der Waals surface area contributed by atoms with Crippen LogP contribution in [0, 0.1) is 0 Å². The number of thiocarbonyl (C=S) groups is 1. The van der Waals surface area contributed by atoms with Crippen LogP contribution in [0.5, 0.6) is 5.75 Å². The summed E-state index contributed by atoms with van der Waals surface area (Å²) in [6, 6.07) is 17.0. The fraction of sp³-hybridized carbons (Fsp3) is 0.435.